The molecule has 2 aromatic carbocycles. The average Bonchev–Trinajstić information content (AvgIpc) is 3.08. The van der Waals surface area contributed by atoms with Gasteiger partial charge in [-0.15, -0.1) is 0 Å². The number of fused-ring (bicyclic) bond motifs is 1. The van der Waals surface area contributed by atoms with Crippen LogP contribution < -0.4 is 24.3 Å². The summed E-state index contributed by atoms with van der Waals surface area (Å²) >= 11 is 0. The van der Waals surface area contributed by atoms with E-state index in [4.69, 9.17) is 18.9 Å². The van der Waals surface area contributed by atoms with Gasteiger partial charge in [-0.1, -0.05) is 6.07 Å². The lowest BCUT2D eigenvalue weighted by atomic mass is 9.93. The topological polar surface area (TPSA) is 66.0 Å². The van der Waals surface area contributed by atoms with Crippen LogP contribution in [0, 0.1) is 0 Å². The van der Waals surface area contributed by atoms with E-state index < -0.39 is 5.54 Å². The number of nitrogens with one attached hydrogen (secondary N) is 1. The monoisotopic (exact) mass is 343 g/mol. The van der Waals surface area contributed by atoms with Crippen LogP contribution >= 0.6 is 0 Å². The molecule has 1 amide bonds. The fourth-order valence-electron chi connectivity index (χ4n) is 2.69. The molecule has 6 heteroatoms. The smallest absolute Gasteiger partial charge is 0.252 e. The van der Waals surface area contributed by atoms with E-state index in [9.17, 15) is 4.79 Å². The number of carbonyl (C=O) groups excluding carboxylic acids is 1. The molecule has 25 heavy (non-hydrogen) atoms. The van der Waals surface area contributed by atoms with E-state index in [2.05, 4.69) is 5.32 Å². The molecular weight excluding hydrogens is 322 g/mol. The average molecular weight is 343 g/mol. The van der Waals surface area contributed by atoms with Gasteiger partial charge in [-0.05, 0) is 49.7 Å². The van der Waals surface area contributed by atoms with E-state index in [0.717, 1.165) is 5.56 Å². The third-order valence-electron chi connectivity index (χ3n) is 4.17. The molecule has 0 saturated heterocycles. The zero-order valence-electron chi connectivity index (χ0n) is 14.7. The molecule has 0 bridgehead atoms. The highest BCUT2D eigenvalue weighted by molar-refractivity contribution is 5.95. The highest BCUT2D eigenvalue weighted by atomic mass is 16.7. The Morgan fingerprint density at radius 2 is 1.72 bits per heavy atom. The summed E-state index contributed by atoms with van der Waals surface area (Å²) in [5.41, 5.74) is 0.810. The molecule has 1 aliphatic heterocycles. The molecule has 2 aromatic rings. The number of amides is 1. The predicted octanol–water partition coefficient (Wildman–Crippen LogP) is 3.10. The molecule has 1 aliphatic rings. The number of rotatable bonds is 5. The standard InChI is InChI=1S/C19H21NO5/c1-19(2,13-6-8-14(22-3)16(10-13)23-4)20-18(21)12-5-7-15-17(9-12)25-11-24-15/h5-10H,11H2,1-4H3,(H,20,21). The van der Waals surface area contributed by atoms with Crippen LogP contribution in [0.4, 0.5) is 0 Å². The van der Waals surface area contributed by atoms with Crippen LogP contribution in [0.15, 0.2) is 36.4 Å². The van der Waals surface area contributed by atoms with Crippen molar-refractivity contribution in [1.29, 1.82) is 0 Å². The number of hydrogen-bond acceptors (Lipinski definition) is 5. The first-order valence-corrected chi connectivity index (χ1v) is 7.89. The highest BCUT2D eigenvalue weighted by Gasteiger charge is 2.26. The van der Waals surface area contributed by atoms with Gasteiger partial charge in [0.2, 0.25) is 6.79 Å². The summed E-state index contributed by atoms with van der Waals surface area (Å²) in [7, 11) is 3.17. The van der Waals surface area contributed by atoms with Gasteiger partial charge in [-0.3, -0.25) is 4.79 Å². The molecule has 0 atom stereocenters. The van der Waals surface area contributed by atoms with Crippen molar-refractivity contribution >= 4 is 5.91 Å². The lowest BCUT2D eigenvalue weighted by Gasteiger charge is -2.27. The first-order valence-electron chi connectivity index (χ1n) is 7.89. The molecule has 3 rings (SSSR count). The predicted molar refractivity (Wildman–Crippen MR) is 92.6 cm³/mol. The maximum Gasteiger partial charge on any atom is 0.252 e. The van der Waals surface area contributed by atoms with Crippen LogP contribution in [-0.2, 0) is 5.54 Å². The minimum Gasteiger partial charge on any atom is -0.493 e. The van der Waals surface area contributed by atoms with Gasteiger partial charge in [-0.2, -0.15) is 0 Å². The van der Waals surface area contributed by atoms with Crippen molar-refractivity contribution < 1.29 is 23.7 Å². The van der Waals surface area contributed by atoms with Crippen molar-refractivity contribution in [3.05, 3.63) is 47.5 Å². The van der Waals surface area contributed by atoms with Crippen LogP contribution in [0.25, 0.3) is 0 Å². The fourth-order valence-corrected chi connectivity index (χ4v) is 2.69. The Hall–Kier alpha value is -2.89. The fraction of sp³-hybridized carbons (Fsp3) is 0.316. The highest BCUT2D eigenvalue weighted by Crippen LogP contribution is 2.34. The van der Waals surface area contributed by atoms with Gasteiger partial charge in [0.1, 0.15) is 0 Å². The second-order valence-electron chi connectivity index (χ2n) is 6.22. The number of carbonyl (C=O) groups is 1. The largest absolute Gasteiger partial charge is 0.493 e. The molecule has 0 spiro atoms. The SMILES string of the molecule is COc1ccc(C(C)(C)NC(=O)c2ccc3c(c2)OCO3)cc1OC. The normalized spacial score (nSPS) is 12.6. The van der Waals surface area contributed by atoms with Crippen molar-refractivity contribution in [1.82, 2.24) is 5.32 Å². The summed E-state index contributed by atoms with van der Waals surface area (Å²) in [4.78, 5) is 12.6. The van der Waals surface area contributed by atoms with Gasteiger partial charge >= 0.3 is 0 Å². The minimum atomic E-state index is -0.604. The summed E-state index contributed by atoms with van der Waals surface area (Å²) in [6.07, 6.45) is 0. The van der Waals surface area contributed by atoms with E-state index in [1.54, 1.807) is 32.4 Å². The zero-order valence-corrected chi connectivity index (χ0v) is 14.7. The molecule has 0 saturated carbocycles. The number of methoxy groups -OCH3 is 2. The Morgan fingerprint density at radius 1 is 1.00 bits per heavy atom. The van der Waals surface area contributed by atoms with Crippen molar-refractivity contribution in [2.24, 2.45) is 0 Å². The molecule has 0 unspecified atom stereocenters. The van der Waals surface area contributed by atoms with Gasteiger partial charge in [0, 0.05) is 5.56 Å². The van der Waals surface area contributed by atoms with E-state index in [-0.39, 0.29) is 12.7 Å². The molecule has 1 heterocycles. The van der Waals surface area contributed by atoms with E-state index in [0.29, 0.717) is 28.6 Å². The van der Waals surface area contributed by atoms with Crippen molar-refractivity contribution in [2.75, 3.05) is 21.0 Å². The molecule has 132 valence electrons. The molecule has 0 aromatic heterocycles. The summed E-state index contributed by atoms with van der Waals surface area (Å²) < 4.78 is 21.2. The summed E-state index contributed by atoms with van der Waals surface area (Å²) in [5.74, 6) is 2.29. The van der Waals surface area contributed by atoms with E-state index in [1.807, 2.05) is 32.0 Å². The minimum absolute atomic E-state index is 0.178. The van der Waals surface area contributed by atoms with Crippen molar-refractivity contribution in [3.8, 4) is 23.0 Å². The molecule has 0 radical (unpaired) electrons. The molecular formula is C19H21NO5. The second kappa shape index (κ2) is 6.55. The van der Waals surface area contributed by atoms with E-state index >= 15 is 0 Å². The Kier molecular flexibility index (Phi) is 4.44. The van der Waals surface area contributed by atoms with Gasteiger partial charge in [-0.25, -0.2) is 0 Å². The van der Waals surface area contributed by atoms with Crippen LogP contribution in [0.1, 0.15) is 29.8 Å². The molecule has 0 aliphatic carbocycles. The first-order chi connectivity index (χ1) is 11.9. The van der Waals surface area contributed by atoms with Crippen LogP contribution in [0.2, 0.25) is 0 Å². The first kappa shape index (κ1) is 17.0. The summed E-state index contributed by atoms with van der Waals surface area (Å²) in [6, 6.07) is 10.7. The maximum atomic E-state index is 12.6. The van der Waals surface area contributed by atoms with Crippen LogP contribution in [0.5, 0.6) is 23.0 Å². The maximum absolute atomic E-state index is 12.6. The Morgan fingerprint density at radius 3 is 2.44 bits per heavy atom. The lowest BCUT2D eigenvalue weighted by Crippen LogP contribution is -2.41. The third-order valence-corrected chi connectivity index (χ3v) is 4.17. The van der Waals surface area contributed by atoms with Gasteiger partial charge < -0.3 is 24.3 Å². The third kappa shape index (κ3) is 3.33. The number of ether oxygens (including phenoxy) is 4. The zero-order chi connectivity index (χ0) is 18.0. The van der Waals surface area contributed by atoms with Gasteiger partial charge in [0.15, 0.2) is 23.0 Å². The number of hydrogen-bond donors (Lipinski definition) is 1. The second-order valence-corrected chi connectivity index (χ2v) is 6.22. The van der Waals surface area contributed by atoms with Gasteiger partial charge in [0.25, 0.3) is 5.91 Å². The summed E-state index contributed by atoms with van der Waals surface area (Å²) in [5, 5.41) is 3.04. The van der Waals surface area contributed by atoms with Crippen LogP contribution in [-0.4, -0.2) is 26.9 Å². The van der Waals surface area contributed by atoms with Gasteiger partial charge in [0.05, 0.1) is 19.8 Å². The Bertz CT molecular complexity index is 800. The van der Waals surface area contributed by atoms with E-state index in [1.165, 1.54) is 0 Å². The van der Waals surface area contributed by atoms with Crippen molar-refractivity contribution in [2.45, 2.75) is 19.4 Å². The Labute approximate surface area is 146 Å². The molecule has 6 nitrogen and oxygen atoms in total. The lowest BCUT2D eigenvalue weighted by molar-refractivity contribution is 0.0911. The van der Waals surface area contributed by atoms with Crippen molar-refractivity contribution in [3.63, 3.8) is 0 Å². The Balaban J connectivity index is 1.82. The number of benzene rings is 2. The molecule has 1 N–H and O–H groups in total. The quantitative estimate of drug-likeness (QED) is 0.904. The summed E-state index contributed by atoms with van der Waals surface area (Å²) in [6.45, 7) is 4.04. The van der Waals surface area contributed by atoms with Crippen LogP contribution in [0.3, 0.4) is 0 Å². The molecule has 0 fully saturated rings.